The zero-order chi connectivity index (χ0) is 22.8. The van der Waals surface area contributed by atoms with E-state index in [-0.39, 0.29) is 15.5 Å². The van der Waals surface area contributed by atoms with Crippen molar-refractivity contribution in [2.45, 2.75) is 30.9 Å². The predicted octanol–water partition coefficient (Wildman–Crippen LogP) is 3.67. The summed E-state index contributed by atoms with van der Waals surface area (Å²) in [6.07, 6.45) is 1.68. The van der Waals surface area contributed by atoms with Gasteiger partial charge in [0.15, 0.2) is 0 Å². The van der Waals surface area contributed by atoms with E-state index in [1.165, 1.54) is 23.8 Å². The van der Waals surface area contributed by atoms with Crippen LogP contribution in [-0.2, 0) is 23.5 Å². The van der Waals surface area contributed by atoms with Crippen molar-refractivity contribution in [1.29, 1.82) is 0 Å². The molecule has 166 valence electrons. The molecule has 0 radical (unpaired) electrons. The molecular formula is C21H26N4O4S2. The third-order valence-electron chi connectivity index (χ3n) is 5.24. The molecule has 2 aromatic heterocycles. The standard InChI is InChI=1S/C21H26N4O4S2/c1-14-17(15(2)25(4)22-14)7-5-11-24(3)19-10-9-16(21(26)27)13-18(19)23-31(28,29)20-8-6-12-30-20/h6,8-10,12-13,23H,5,7,11H2,1-4H3,(H,26,27). The van der Waals surface area contributed by atoms with Crippen molar-refractivity contribution in [2.75, 3.05) is 23.2 Å². The molecule has 0 atom stereocenters. The lowest BCUT2D eigenvalue weighted by Gasteiger charge is -2.23. The van der Waals surface area contributed by atoms with Crippen LogP contribution in [-0.4, -0.2) is 42.9 Å². The fourth-order valence-corrected chi connectivity index (χ4v) is 5.55. The summed E-state index contributed by atoms with van der Waals surface area (Å²) in [5.74, 6) is -1.12. The van der Waals surface area contributed by atoms with E-state index in [0.717, 1.165) is 35.6 Å². The first kappa shape index (κ1) is 22.8. The van der Waals surface area contributed by atoms with Gasteiger partial charge in [0.1, 0.15) is 4.21 Å². The lowest BCUT2D eigenvalue weighted by Crippen LogP contribution is -2.22. The molecular weight excluding hydrogens is 436 g/mol. The minimum Gasteiger partial charge on any atom is -0.478 e. The smallest absolute Gasteiger partial charge is 0.335 e. The van der Waals surface area contributed by atoms with Gasteiger partial charge >= 0.3 is 5.97 Å². The van der Waals surface area contributed by atoms with Crippen molar-refractivity contribution in [2.24, 2.45) is 7.05 Å². The summed E-state index contributed by atoms with van der Waals surface area (Å²) in [6, 6.07) is 7.63. The number of nitrogens with zero attached hydrogens (tertiary/aromatic N) is 3. The van der Waals surface area contributed by atoms with Crippen molar-refractivity contribution in [3.8, 4) is 0 Å². The summed E-state index contributed by atoms with van der Waals surface area (Å²) in [6.45, 7) is 4.70. The molecule has 0 fully saturated rings. The highest BCUT2D eigenvalue weighted by Crippen LogP contribution is 2.30. The van der Waals surface area contributed by atoms with E-state index in [9.17, 15) is 18.3 Å². The van der Waals surface area contributed by atoms with E-state index in [0.29, 0.717) is 12.2 Å². The van der Waals surface area contributed by atoms with Gasteiger partial charge in [-0.15, -0.1) is 11.3 Å². The summed E-state index contributed by atoms with van der Waals surface area (Å²) in [4.78, 5) is 13.4. The largest absolute Gasteiger partial charge is 0.478 e. The molecule has 1 aromatic carbocycles. The van der Waals surface area contributed by atoms with Crippen molar-refractivity contribution < 1.29 is 18.3 Å². The molecule has 0 saturated carbocycles. The number of rotatable bonds is 9. The molecule has 0 bridgehead atoms. The maximum Gasteiger partial charge on any atom is 0.335 e. The third kappa shape index (κ3) is 5.08. The Morgan fingerprint density at radius 3 is 2.61 bits per heavy atom. The van der Waals surface area contributed by atoms with Gasteiger partial charge in [-0.2, -0.15) is 5.10 Å². The first-order valence-electron chi connectivity index (χ1n) is 9.74. The molecule has 0 saturated heterocycles. The molecule has 3 aromatic rings. The number of aromatic carboxylic acids is 1. The highest BCUT2D eigenvalue weighted by molar-refractivity contribution is 7.94. The maximum atomic E-state index is 12.7. The fraction of sp³-hybridized carbons (Fsp3) is 0.333. The van der Waals surface area contributed by atoms with E-state index >= 15 is 0 Å². The van der Waals surface area contributed by atoms with Crippen LogP contribution in [0.3, 0.4) is 0 Å². The zero-order valence-electron chi connectivity index (χ0n) is 17.9. The van der Waals surface area contributed by atoms with Gasteiger partial charge in [-0.25, -0.2) is 13.2 Å². The van der Waals surface area contributed by atoms with E-state index in [1.54, 1.807) is 17.5 Å². The number of aryl methyl sites for hydroxylation is 2. The Morgan fingerprint density at radius 1 is 1.29 bits per heavy atom. The molecule has 8 nitrogen and oxygen atoms in total. The zero-order valence-corrected chi connectivity index (χ0v) is 19.5. The van der Waals surface area contributed by atoms with Gasteiger partial charge in [-0.1, -0.05) is 6.07 Å². The van der Waals surface area contributed by atoms with Crippen LogP contribution >= 0.6 is 11.3 Å². The average Bonchev–Trinajstić information content (AvgIpc) is 3.32. The molecule has 31 heavy (non-hydrogen) atoms. The molecule has 0 aliphatic carbocycles. The number of thiophene rings is 1. The number of benzene rings is 1. The Kier molecular flexibility index (Phi) is 6.71. The minimum atomic E-state index is -3.80. The summed E-state index contributed by atoms with van der Waals surface area (Å²) in [7, 11) is -0.0152. The predicted molar refractivity (Wildman–Crippen MR) is 123 cm³/mol. The molecule has 2 N–H and O–H groups in total. The first-order chi connectivity index (χ1) is 14.6. The van der Waals surface area contributed by atoms with Crippen molar-refractivity contribution >= 4 is 38.7 Å². The van der Waals surface area contributed by atoms with Gasteiger partial charge in [0.2, 0.25) is 0 Å². The summed E-state index contributed by atoms with van der Waals surface area (Å²) in [5, 5.41) is 15.5. The van der Waals surface area contributed by atoms with Gasteiger partial charge in [-0.05, 0) is 61.9 Å². The Labute approximate surface area is 186 Å². The van der Waals surface area contributed by atoms with Crippen molar-refractivity contribution in [1.82, 2.24) is 9.78 Å². The fourth-order valence-electron chi connectivity index (χ4n) is 3.49. The Hall–Kier alpha value is -2.85. The van der Waals surface area contributed by atoms with E-state index in [4.69, 9.17) is 0 Å². The summed E-state index contributed by atoms with van der Waals surface area (Å²) >= 11 is 1.10. The van der Waals surface area contributed by atoms with Gasteiger partial charge in [0.25, 0.3) is 10.0 Å². The highest BCUT2D eigenvalue weighted by Gasteiger charge is 2.20. The second kappa shape index (κ2) is 9.11. The Morgan fingerprint density at radius 2 is 2.03 bits per heavy atom. The molecule has 0 aliphatic rings. The maximum absolute atomic E-state index is 12.7. The van der Waals surface area contributed by atoms with Crippen LogP contribution in [0.5, 0.6) is 0 Å². The van der Waals surface area contributed by atoms with Crippen LogP contribution in [0, 0.1) is 13.8 Å². The van der Waals surface area contributed by atoms with Crippen molar-refractivity contribution in [3.63, 3.8) is 0 Å². The van der Waals surface area contributed by atoms with Crippen LogP contribution < -0.4 is 9.62 Å². The van der Waals surface area contributed by atoms with Crippen LogP contribution in [0.4, 0.5) is 11.4 Å². The molecule has 3 rings (SSSR count). The molecule has 10 heteroatoms. The summed E-state index contributed by atoms with van der Waals surface area (Å²) in [5.41, 5.74) is 4.24. The summed E-state index contributed by atoms with van der Waals surface area (Å²) < 4.78 is 30.0. The third-order valence-corrected chi connectivity index (χ3v) is 8.00. The topological polar surface area (TPSA) is 105 Å². The van der Waals surface area contributed by atoms with Crippen LogP contribution in [0.15, 0.2) is 39.9 Å². The number of carbonyl (C=O) groups is 1. The average molecular weight is 463 g/mol. The number of aromatic nitrogens is 2. The number of carboxylic acid groups (broad SMARTS) is 1. The lowest BCUT2D eigenvalue weighted by molar-refractivity contribution is 0.0697. The SMILES string of the molecule is Cc1nn(C)c(C)c1CCCN(C)c1ccc(C(=O)O)cc1NS(=O)(=O)c1cccs1. The normalized spacial score (nSPS) is 11.5. The monoisotopic (exact) mass is 462 g/mol. The van der Waals surface area contributed by atoms with Crippen LogP contribution in [0.2, 0.25) is 0 Å². The molecule has 0 aliphatic heterocycles. The van der Waals surface area contributed by atoms with Gasteiger partial charge in [0, 0.05) is 26.3 Å². The number of nitrogens with one attached hydrogen (secondary N) is 1. The van der Waals surface area contributed by atoms with Crippen LogP contribution in [0.1, 0.15) is 33.7 Å². The second-order valence-corrected chi connectivity index (χ2v) is 10.2. The molecule has 0 amide bonds. The minimum absolute atomic E-state index is 0.0163. The Balaban J connectivity index is 1.81. The van der Waals surface area contributed by atoms with E-state index in [1.807, 2.05) is 37.5 Å². The number of carboxylic acids is 1. The molecule has 2 heterocycles. The lowest BCUT2D eigenvalue weighted by atomic mass is 10.1. The van der Waals surface area contributed by atoms with E-state index in [2.05, 4.69) is 9.82 Å². The number of sulfonamides is 1. The number of hydrogen-bond donors (Lipinski definition) is 2. The van der Waals surface area contributed by atoms with Gasteiger partial charge in [0.05, 0.1) is 22.6 Å². The number of hydrogen-bond acceptors (Lipinski definition) is 6. The Bertz CT molecular complexity index is 1180. The first-order valence-corrected chi connectivity index (χ1v) is 12.1. The molecule has 0 spiro atoms. The van der Waals surface area contributed by atoms with Gasteiger partial charge in [-0.3, -0.25) is 9.40 Å². The van der Waals surface area contributed by atoms with Crippen LogP contribution in [0.25, 0.3) is 0 Å². The second-order valence-electron chi connectivity index (χ2n) is 7.37. The van der Waals surface area contributed by atoms with Crippen molar-refractivity contribution in [3.05, 3.63) is 58.2 Å². The highest BCUT2D eigenvalue weighted by atomic mass is 32.2. The molecule has 0 unspecified atom stereocenters. The quantitative estimate of drug-likeness (QED) is 0.503. The van der Waals surface area contributed by atoms with E-state index < -0.39 is 16.0 Å². The number of anilines is 2. The van der Waals surface area contributed by atoms with Gasteiger partial charge < -0.3 is 10.0 Å².